The highest BCUT2D eigenvalue weighted by Crippen LogP contribution is 2.25. The van der Waals surface area contributed by atoms with Gasteiger partial charge in [0.05, 0.1) is 16.6 Å². The highest BCUT2D eigenvalue weighted by Gasteiger charge is 2.27. The summed E-state index contributed by atoms with van der Waals surface area (Å²) >= 11 is 1.63. The van der Waals surface area contributed by atoms with Crippen LogP contribution in [-0.2, 0) is 11.2 Å². The summed E-state index contributed by atoms with van der Waals surface area (Å²) in [7, 11) is 0. The first-order chi connectivity index (χ1) is 10.3. The Morgan fingerprint density at radius 3 is 3.05 bits per heavy atom. The number of amides is 1. The zero-order valence-corrected chi connectivity index (χ0v) is 11.9. The summed E-state index contributed by atoms with van der Waals surface area (Å²) in [6.07, 6.45) is 1.77. The van der Waals surface area contributed by atoms with Crippen molar-refractivity contribution in [2.75, 3.05) is 0 Å². The van der Waals surface area contributed by atoms with E-state index >= 15 is 0 Å². The van der Waals surface area contributed by atoms with Crippen molar-refractivity contribution in [1.29, 1.82) is 0 Å². The van der Waals surface area contributed by atoms with E-state index in [4.69, 9.17) is 4.52 Å². The molecule has 1 aromatic carbocycles. The molecule has 7 heteroatoms. The van der Waals surface area contributed by atoms with E-state index in [9.17, 15) is 4.79 Å². The summed E-state index contributed by atoms with van der Waals surface area (Å²) in [6.45, 7) is 0. The molecule has 0 saturated carbocycles. The minimum atomic E-state index is -0.144. The molecule has 1 N–H and O–H groups in total. The van der Waals surface area contributed by atoms with Crippen LogP contribution in [0.1, 0.15) is 35.6 Å². The smallest absolute Gasteiger partial charge is 0.249 e. The van der Waals surface area contributed by atoms with Gasteiger partial charge >= 0.3 is 0 Å². The molecule has 1 atom stereocenters. The number of carbonyl (C=O) groups is 1. The highest BCUT2D eigenvalue weighted by atomic mass is 32.1. The number of para-hydroxylation sites is 1. The summed E-state index contributed by atoms with van der Waals surface area (Å²) in [5.41, 5.74) is 0.990. The van der Waals surface area contributed by atoms with Gasteiger partial charge in [0.25, 0.3) is 0 Å². The van der Waals surface area contributed by atoms with Gasteiger partial charge in [0, 0.05) is 6.42 Å². The Hall–Kier alpha value is -2.28. The van der Waals surface area contributed by atoms with Crippen LogP contribution < -0.4 is 5.32 Å². The van der Waals surface area contributed by atoms with Crippen molar-refractivity contribution in [3.05, 3.63) is 41.0 Å². The SMILES string of the molecule is O=C1CCC(c2nc(Cc3nc4ccccc4s3)no2)N1. The van der Waals surface area contributed by atoms with Crippen molar-refractivity contribution >= 4 is 27.5 Å². The van der Waals surface area contributed by atoms with Gasteiger partial charge in [0.15, 0.2) is 5.82 Å². The number of aromatic nitrogens is 3. The third-order valence-electron chi connectivity index (χ3n) is 3.42. The molecule has 1 aliphatic rings. The number of rotatable bonds is 3. The third-order valence-corrected chi connectivity index (χ3v) is 4.46. The minimum absolute atomic E-state index is 0.0333. The van der Waals surface area contributed by atoms with Crippen LogP contribution in [0.4, 0.5) is 0 Å². The molecule has 3 heterocycles. The van der Waals surface area contributed by atoms with Gasteiger partial charge in [-0.1, -0.05) is 17.3 Å². The van der Waals surface area contributed by atoms with E-state index in [1.54, 1.807) is 11.3 Å². The first-order valence-corrected chi connectivity index (χ1v) is 7.56. The molecule has 1 aliphatic heterocycles. The normalized spacial score (nSPS) is 18.3. The van der Waals surface area contributed by atoms with Crippen molar-refractivity contribution in [2.45, 2.75) is 25.3 Å². The van der Waals surface area contributed by atoms with Crippen LogP contribution in [0.25, 0.3) is 10.2 Å². The van der Waals surface area contributed by atoms with Gasteiger partial charge < -0.3 is 9.84 Å². The number of nitrogens with one attached hydrogen (secondary N) is 1. The quantitative estimate of drug-likeness (QED) is 0.802. The molecule has 1 unspecified atom stereocenters. The van der Waals surface area contributed by atoms with E-state index in [0.29, 0.717) is 31.0 Å². The fraction of sp³-hybridized carbons (Fsp3) is 0.286. The zero-order valence-electron chi connectivity index (χ0n) is 11.1. The lowest BCUT2D eigenvalue weighted by Crippen LogP contribution is -2.18. The van der Waals surface area contributed by atoms with E-state index in [0.717, 1.165) is 15.2 Å². The van der Waals surface area contributed by atoms with E-state index < -0.39 is 0 Å². The van der Waals surface area contributed by atoms with Crippen molar-refractivity contribution in [3.8, 4) is 0 Å². The maximum atomic E-state index is 11.2. The summed E-state index contributed by atoms with van der Waals surface area (Å²) in [5, 5.41) is 7.76. The maximum absolute atomic E-state index is 11.2. The summed E-state index contributed by atoms with van der Waals surface area (Å²) in [6, 6.07) is 7.87. The van der Waals surface area contributed by atoms with Crippen LogP contribution in [0, 0.1) is 0 Å². The molecule has 1 amide bonds. The van der Waals surface area contributed by atoms with E-state index in [1.165, 1.54) is 0 Å². The fourth-order valence-corrected chi connectivity index (χ4v) is 3.37. The molecule has 6 nitrogen and oxygen atoms in total. The Labute approximate surface area is 124 Å². The molecule has 0 bridgehead atoms. The minimum Gasteiger partial charge on any atom is -0.344 e. The van der Waals surface area contributed by atoms with Gasteiger partial charge in [-0.3, -0.25) is 4.79 Å². The van der Waals surface area contributed by atoms with Gasteiger partial charge in [0.2, 0.25) is 11.8 Å². The first kappa shape index (κ1) is 12.5. The number of hydrogen-bond acceptors (Lipinski definition) is 6. The van der Waals surface area contributed by atoms with E-state index in [-0.39, 0.29) is 11.9 Å². The number of thiazole rings is 1. The van der Waals surface area contributed by atoms with Crippen molar-refractivity contribution in [1.82, 2.24) is 20.4 Å². The average molecular weight is 300 g/mol. The predicted molar refractivity (Wildman–Crippen MR) is 76.8 cm³/mol. The Kier molecular flexibility index (Phi) is 2.92. The molecule has 0 radical (unpaired) electrons. The predicted octanol–water partition coefficient (Wildman–Crippen LogP) is 2.22. The van der Waals surface area contributed by atoms with Crippen LogP contribution >= 0.6 is 11.3 Å². The zero-order chi connectivity index (χ0) is 14.2. The number of nitrogens with zero attached hydrogens (tertiary/aromatic N) is 3. The number of carbonyl (C=O) groups excluding carboxylic acids is 1. The number of fused-ring (bicyclic) bond motifs is 1. The highest BCUT2D eigenvalue weighted by molar-refractivity contribution is 7.18. The van der Waals surface area contributed by atoms with Crippen LogP contribution in [-0.4, -0.2) is 21.0 Å². The van der Waals surface area contributed by atoms with E-state index in [1.807, 2.05) is 24.3 Å². The monoisotopic (exact) mass is 300 g/mol. The number of benzene rings is 1. The third kappa shape index (κ3) is 2.40. The second-order valence-electron chi connectivity index (χ2n) is 4.96. The lowest BCUT2D eigenvalue weighted by Gasteiger charge is -2.01. The second-order valence-corrected chi connectivity index (χ2v) is 6.07. The molecule has 0 spiro atoms. The van der Waals surface area contributed by atoms with Crippen LogP contribution in [0.2, 0.25) is 0 Å². The molecular weight excluding hydrogens is 288 g/mol. The van der Waals surface area contributed by atoms with Crippen molar-refractivity contribution in [2.24, 2.45) is 0 Å². The van der Waals surface area contributed by atoms with E-state index in [2.05, 4.69) is 20.4 Å². The first-order valence-electron chi connectivity index (χ1n) is 6.74. The van der Waals surface area contributed by atoms with Gasteiger partial charge in [-0.25, -0.2) is 4.98 Å². The Morgan fingerprint density at radius 1 is 1.33 bits per heavy atom. The van der Waals surface area contributed by atoms with Gasteiger partial charge in [0.1, 0.15) is 11.0 Å². The second kappa shape index (κ2) is 4.92. The van der Waals surface area contributed by atoms with Crippen LogP contribution in [0.15, 0.2) is 28.8 Å². The molecule has 106 valence electrons. The molecule has 1 saturated heterocycles. The Bertz CT molecular complexity index is 777. The average Bonchev–Trinajstić information content (AvgIpc) is 3.17. The van der Waals surface area contributed by atoms with Gasteiger partial charge in [-0.05, 0) is 18.6 Å². The van der Waals surface area contributed by atoms with Crippen molar-refractivity contribution < 1.29 is 9.32 Å². The van der Waals surface area contributed by atoms with Crippen molar-refractivity contribution in [3.63, 3.8) is 0 Å². The summed E-state index contributed by atoms with van der Waals surface area (Å²) < 4.78 is 6.40. The topological polar surface area (TPSA) is 80.9 Å². The van der Waals surface area contributed by atoms with Crippen LogP contribution in [0.3, 0.4) is 0 Å². The largest absolute Gasteiger partial charge is 0.344 e. The lowest BCUT2D eigenvalue weighted by atomic mass is 10.2. The molecule has 21 heavy (non-hydrogen) atoms. The Balaban J connectivity index is 1.54. The molecule has 0 aliphatic carbocycles. The molecule has 4 rings (SSSR count). The van der Waals surface area contributed by atoms with Gasteiger partial charge in [-0.15, -0.1) is 11.3 Å². The molecule has 1 fully saturated rings. The molecule has 3 aromatic rings. The standard InChI is InChI=1S/C14H12N4O2S/c19-12-6-5-9(15-12)14-17-11(18-20-14)7-13-16-8-3-1-2-4-10(8)21-13/h1-4,9H,5-7H2,(H,15,19). The van der Waals surface area contributed by atoms with Crippen LogP contribution in [0.5, 0.6) is 0 Å². The maximum Gasteiger partial charge on any atom is 0.249 e. The number of hydrogen-bond donors (Lipinski definition) is 1. The van der Waals surface area contributed by atoms with Gasteiger partial charge in [-0.2, -0.15) is 4.98 Å². The lowest BCUT2D eigenvalue weighted by molar-refractivity contribution is -0.119. The molecule has 2 aromatic heterocycles. The Morgan fingerprint density at radius 2 is 2.24 bits per heavy atom. The molecular formula is C14H12N4O2S. The fourth-order valence-electron chi connectivity index (χ4n) is 2.41. The summed E-state index contributed by atoms with van der Waals surface area (Å²) in [5.74, 6) is 1.12. The summed E-state index contributed by atoms with van der Waals surface area (Å²) in [4.78, 5) is 20.1.